The molecule has 0 aliphatic heterocycles. The summed E-state index contributed by atoms with van der Waals surface area (Å²) in [7, 11) is 0. The van der Waals surface area contributed by atoms with Crippen LogP contribution < -0.4 is 10.9 Å². The van der Waals surface area contributed by atoms with Crippen LogP contribution in [-0.4, -0.2) is 17.6 Å². The molecule has 2 rings (SSSR count). The lowest BCUT2D eigenvalue weighted by atomic mass is 10.1. The molecule has 0 fully saturated rings. The maximum atomic E-state index is 12.0. The maximum absolute atomic E-state index is 12.0. The summed E-state index contributed by atoms with van der Waals surface area (Å²) in [5.74, 6) is 0.607. The minimum absolute atomic E-state index is 0.209. The molecule has 116 valence electrons. The highest BCUT2D eigenvalue weighted by Gasteiger charge is 2.10. The van der Waals surface area contributed by atoms with Crippen molar-refractivity contribution in [2.24, 2.45) is 0 Å². The van der Waals surface area contributed by atoms with E-state index in [-0.39, 0.29) is 11.8 Å². The van der Waals surface area contributed by atoms with E-state index in [4.69, 9.17) is 0 Å². The van der Waals surface area contributed by atoms with Gasteiger partial charge in [0.1, 0.15) is 0 Å². The van der Waals surface area contributed by atoms with Gasteiger partial charge in [-0.1, -0.05) is 23.8 Å². The van der Waals surface area contributed by atoms with Crippen LogP contribution in [0.3, 0.4) is 0 Å². The van der Waals surface area contributed by atoms with Crippen LogP contribution in [0.5, 0.6) is 0 Å². The molecule has 1 aromatic heterocycles. The Balaban J connectivity index is 1.74. The van der Waals surface area contributed by atoms with Gasteiger partial charge in [0.05, 0.1) is 5.75 Å². The summed E-state index contributed by atoms with van der Waals surface area (Å²) < 4.78 is 0. The highest BCUT2D eigenvalue weighted by atomic mass is 32.2. The van der Waals surface area contributed by atoms with Gasteiger partial charge >= 0.3 is 0 Å². The van der Waals surface area contributed by atoms with Crippen molar-refractivity contribution in [3.8, 4) is 0 Å². The Morgan fingerprint density at radius 3 is 2.68 bits per heavy atom. The second-order valence-electron chi connectivity index (χ2n) is 4.89. The lowest BCUT2D eigenvalue weighted by Gasteiger charge is -2.09. The Morgan fingerprint density at radius 1 is 1.18 bits per heavy atom. The van der Waals surface area contributed by atoms with Gasteiger partial charge in [0.2, 0.25) is 5.91 Å². The van der Waals surface area contributed by atoms with Gasteiger partial charge in [0.15, 0.2) is 0 Å². The normalized spacial score (nSPS) is 10.3. The molecule has 0 aliphatic rings. The standard InChI is InChI=1S/C16H18N2O2S2/c1-11-5-6-14(12(2)8-11)16(20)18-17-15(19)10-21-9-13-4-3-7-22-13/h3-8H,9-10H2,1-2H3,(H,17,19)(H,18,20). The third-order valence-corrected chi connectivity index (χ3v) is 5.04. The first-order valence-electron chi connectivity index (χ1n) is 6.83. The number of thioether (sulfide) groups is 1. The number of carbonyl (C=O) groups is 2. The van der Waals surface area contributed by atoms with Gasteiger partial charge < -0.3 is 0 Å². The molecule has 1 aromatic carbocycles. The molecule has 0 saturated heterocycles. The van der Waals surface area contributed by atoms with Crippen LogP contribution in [0.2, 0.25) is 0 Å². The van der Waals surface area contributed by atoms with E-state index >= 15 is 0 Å². The van der Waals surface area contributed by atoms with Crippen molar-refractivity contribution in [3.63, 3.8) is 0 Å². The predicted octanol–water partition coefficient (Wildman–Crippen LogP) is 3.06. The average molecular weight is 334 g/mol. The van der Waals surface area contributed by atoms with Crippen LogP contribution in [0.25, 0.3) is 0 Å². The number of thiophene rings is 1. The third kappa shape index (κ3) is 4.89. The highest BCUT2D eigenvalue weighted by molar-refractivity contribution is 7.99. The number of carbonyl (C=O) groups excluding carboxylic acids is 2. The van der Waals surface area contributed by atoms with Crippen molar-refractivity contribution < 1.29 is 9.59 Å². The summed E-state index contributed by atoms with van der Waals surface area (Å²) in [5, 5.41) is 2.01. The van der Waals surface area contributed by atoms with Gasteiger partial charge in [-0.25, -0.2) is 0 Å². The molecule has 6 heteroatoms. The fourth-order valence-corrected chi connectivity index (χ4v) is 3.61. The molecule has 0 saturated carbocycles. The second-order valence-corrected chi connectivity index (χ2v) is 6.91. The van der Waals surface area contributed by atoms with E-state index < -0.39 is 0 Å². The molecule has 0 atom stereocenters. The van der Waals surface area contributed by atoms with E-state index in [1.807, 2.05) is 43.5 Å². The van der Waals surface area contributed by atoms with Crippen molar-refractivity contribution >= 4 is 34.9 Å². The zero-order valence-electron chi connectivity index (χ0n) is 12.5. The zero-order valence-corrected chi connectivity index (χ0v) is 14.1. The number of benzene rings is 1. The molecule has 0 spiro atoms. The molecule has 2 amide bonds. The maximum Gasteiger partial charge on any atom is 0.269 e. The summed E-state index contributed by atoms with van der Waals surface area (Å²) in [6.45, 7) is 3.85. The van der Waals surface area contributed by atoms with E-state index in [2.05, 4.69) is 10.9 Å². The van der Waals surface area contributed by atoms with Gasteiger partial charge in [-0.2, -0.15) is 0 Å². The number of nitrogens with one attached hydrogen (secondary N) is 2. The van der Waals surface area contributed by atoms with E-state index in [0.29, 0.717) is 11.3 Å². The minimum atomic E-state index is -0.297. The number of hydrazine groups is 1. The largest absolute Gasteiger partial charge is 0.272 e. The third-order valence-electron chi connectivity index (χ3n) is 3.00. The second kappa shape index (κ2) is 8.00. The van der Waals surface area contributed by atoms with Crippen LogP contribution in [0.4, 0.5) is 0 Å². The molecule has 22 heavy (non-hydrogen) atoms. The van der Waals surface area contributed by atoms with Crippen molar-refractivity contribution in [3.05, 3.63) is 57.3 Å². The van der Waals surface area contributed by atoms with Gasteiger partial charge in [-0.15, -0.1) is 23.1 Å². The van der Waals surface area contributed by atoms with Crippen molar-refractivity contribution in [2.75, 3.05) is 5.75 Å². The predicted molar refractivity (Wildman–Crippen MR) is 92.0 cm³/mol. The van der Waals surface area contributed by atoms with Crippen molar-refractivity contribution in [1.82, 2.24) is 10.9 Å². The lowest BCUT2D eigenvalue weighted by molar-refractivity contribution is -0.119. The first-order chi connectivity index (χ1) is 10.6. The molecule has 0 bridgehead atoms. The van der Waals surface area contributed by atoms with E-state index in [0.717, 1.165) is 16.9 Å². The van der Waals surface area contributed by atoms with Crippen LogP contribution in [0, 0.1) is 13.8 Å². The summed E-state index contributed by atoms with van der Waals surface area (Å²) >= 11 is 3.19. The summed E-state index contributed by atoms with van der Waals surface area (Å²) in [5.41, 5.74) is 7.46. The van der Waals surface area contributed by atoms with Gasteiger partial charge in [0, 0.05) is 16.2 Å². The number of hydrogen-bond donors (Lipinski definition) is 2. The van der Waals surface area contributed by atoms with Gasteiger partial charge in [-0.3, -0.25) is 20.4 Å². The van der Waals surface area contributed by atoms with Crippen LogP contribution in [0.15, 0.2) is 35.7 Å². The molecule has 0 radical (unpaired) electrons. The summed E-state index contributed by atoms with van der Waals surface area (Å²) in [4.78, 5) is 24.9. The first kappa shape index (κ1) is 16.6. The van der Waals surface area contributed by atoms with Gasteiger partial charge in [0.25, 0.3) is 5.91 Å². The van der Waals surface area contributed by atoms with Crippen LogP contribution in [0.1, 0.15) is 26.4 Å². The van der Waals surface area contributed by atoms with Crippen molar-refractivity contribution in [2.45, 2.75) is 19.6 Å². The molecule has 1 heterocycles. The Hall–Kier alpha value is -1.79. The monoisotopic (exact) mass is 334 g/mol. The van der Waals surface area contributed by atoms with Crippen LogP contribution in [-0.2, 0) is 10.5 Å². The van der Waals surface area contributed by atoms with E-state index in [9.17, 15) is 9.59 Å². The first-order valence-corrected chi connectivity index (χ1v) is 8.86. The molecule has 4 nitrogen and oxygen atoms in total. The number of aryl methyl sites for hydroxylation is 2. The zero-order chi connectivity index (χ0) is 15.9. The molecule has 2 aromatic rings. The molecule has 0 aliphatic carbocycles. The lowest BCUT2D eigenvalue weighted by Crippen LogP contribution is -2.42. The summed E-state index contributed by atoms with van der Waals surface area (Å²) in [6.07, 6.45) is 0. The average Bonchev–Trinajstić information content (AvgIpc) is 2.98. The fourth-order valence-electron chi connectivity index (χ4n) is 1.94. The van der Waals surface area contributed by atoms with E-state index in [1.165, 1.54) is 16.6 Å². The Kier molecular flexibility index (Phi) is 6.03. The smallest absolute Gasteiger partial charge is 0.269 e. The molecule has 0 unspecified atom stereocenters. The SMILES string of the molecule is Cc1ccc(C(=O)NNC(=O)CSCc2cccs2)c(C)c1. The minimum Gasteiger partial charge on any atom is -0.272 e. The Labute approximate surface area is 138 Å². The van der Waals surface area contributed by atoms with Crippen molar-refractivity contribution in [1.29, 1.82) is 0 Å². The number of amides is 2. The molecular formula is C16H18N2O2S2. The summed E-state index contributed by atoms with van der Waals surface area (Å²) in [6, 6.07) is 9.61. The Morgan fingerprint density at radius 2 is 2.00 bits per heavy atom. The van der Waals surface area contributed by atoms with Gasteiger partial charge in [-0.05, 0) is 36.9 Å². The quantitative estimate of drug-likeness (QED) is 0.826. The van der Waals surface area contributed by atoms with Crippen LogP contribution >= 0.6 is 23.1 Å². The Bertz CT molecular complexity index is 654. The molecular weight excluding hydrogens is 316 g/mol. The number of rotatable bonds is 5. The highest BCUT2D eigenvalue weighted by Crippen LogP contribution is 2.16. The topological polar surface area (TPSA) is 58.2 Å². The fraction of sp³-hybridized carbons (Fsp3) is 0.250. The molecule has 2 N–H and O–H groups in total. The van der Waals surface area contributed by atoms with E-state index in [1.54, 1.807) is 17.4 Å². The number of hydrogen-bond acceptors (Lipinski definition) is 4.